The van der Waals surface area contributed by atoms with Gasteiger partial charge in [0.15, 0.2) is 11.1 Å². The van der Waals surface area contributed by atoms with Crippen molar-refractivity contribution in [2.75, 3.05) is 12.9 Å². The van der Waals surface area contributed by atoms with Gasteiger partial charge in [-0.15, -0.1) is 0 Å². The predicted octanol–water partition coefficient (Wildman–Crippen LogP) is 0.410. The van der Waals surface area contributed by atoms with Crippen molar-refractivity contribution < 1.29 is 13.3 Å². The molecule has 0 radical (unpaired) electrons. The van der Waals surface area contributed by atoms with Crippen molar-refractivity contribution in [2.45, 2.75) is 13.5 Å². The maximum absolute atomic E-state index is 10.6. The minimum atomic E-state index is -1.32. The molecule has 15 heavy (non-hydrogen) atoms. The molecule has 0 bridgehead atoms. The summed E-state index contributed by atoms with van der Waals surface area (Å²) in [5.74, 6) is 0. The maximum Gasteiger partial charge on any atom is 0.309 e. The molecule has 0 aliphatic carbocycles. The van der Waals surface area contributed by atoms with E-state index in [0.29, 0.717) is 12.2 Å². The maximum atomic E-state index is 10.6. The lowest BCUT2D eigenvalue weighted by atomic mass is 10.4. The molecule has 0 aliphatic rings. The van der Waals surface area contributed by atoms with E-state index in [-0.39, 0.29) is 12.3 Å². The molecule has 0 N–H and O–H groups in total. The molecule has 1 unspecified atom stereocenters. The molecule has 0 saturated heterocycles. The summed E-state index contributed by atoms with van der Waals surface area (Å²) in [6.07, 6.45) is 2.61. The van der Waals surface area contributed by atoms with E-state index in [4.69, 9.17) is 4.18 Å². The number of nitrogens with zero attached hydrogens (tertiary/aromatic N) is 3. The molecule has 1 aromatic rings. The minimum Gasteiger partial charge on any atom is -0.289 e. The second-order valence-corrected chi connectivity index (χ2v) is 3.86. The predicted molar refractivity (Wildman–Crippen MR) is 53.6 cm³/mol. The number of nitro groups is 1. The highest BCUT2D eigenvalue weighted by molar-refractivity contribution is 7.79. The summed E-state index contributed by atoms with van der Waals surface area (Å²) in [4.78, 5) is 10.0. The normalized spacial score (nSPS) is 12.7. The molecule has 0 spiro atoms. The summed E-state index contributed by atoms with van der Waals surface area (Å²) in [5.41, 5.74) is 0.443. The fourth-order valence-electron chi connectivity index (χ4n) is 1.08. The van der Waals surface area contributed by atoms with E-state index in [2.05, 4.69) is 5.10 Å². The number of hydrogen-bond donors (Lipinski definition) is 0. The smallest absolute Gasteiger partial charge is 0.289 e. The summed E-state index contributed by atoms with van der Waals surface area (Å²) in [5, 5.41) is 14.3. The van der Waals surface area contributed by atoms with Crippen molar-refractivity contribution in [3.8, 4) is 0 Å². The second kappa shape index (κ2) is 4.99. The first kappa shape index (κ1) is 11.8. The summed E-state index contributed by atoms with van der Waals surface area (Å²) in [6.45, 7) is 2.16. The van der Waals surface area contributed by atoms with Crippen LogP contribution in [0.2, 0.25) is 0 Å². The van der Waals surface area contributed by atoms with Gasteiger partial charge < -0.3 is 0 Å². The lowest BCUT2D eigenvalue weighted by Crippen LogP contribution is -2.09. The van der Waals surface area contributed by atoms with Gasteiger partial charge in [-0.3, -0.25) is 19.0 Å². The molecule has 0 fully saturated rings. The van der Waals surface area contributed by atoms with Gasteiger partial charge in [0.25, 0.3) is 0 Å². The Labute approximate surface area is 88.8 Å². The Hall–Kier alpha value is -1.28. The molecule has 8 heteroatoms. The van der Waals surface area contributed by atoms with Crippen LogP contribution in [-0.2, 0) is 21.8 Å². The SMILES string of the molecule is Cc1c([N+](=O)[O-])cnn1CCOS(C)=O. The summed E-state index contributed by atoms with van der Waals surface area (Å²) >= 11 is -1.32. The fourth-order valence-corrected chi connectivity index (χ4v) is 1.39. The van der Waals surface area contributed by atoms with E-state index in [0.717, 1.165) is 0 Å². The minimum absolute atomic E-state index is 0.0207. The molecule has 7 nitrogen and oxygen atoms in total. The summed E-state index contributed by atoms with van der Waals surface area (Å²) in [7, 11) is 0. The van der Waals surface area contributed by atoms with E-state index >= 15 is 0 Å². The van der Waals surface area contributed by atoms with E-state index in [1.807, 2.05) is 0 Å². The topological polar surface area (TPSA) is 87.3 Å². The van der Waals surface area contributed by atoms with Gasteiger partial charge in [-0.2, -0.15) is 5.10 Å². The number of aromatic nitrogens is 2. The second-order valence-electron chi connectivity index (χ2n) is 2.82. The lowest BCUT2D eigenvalue weighted by molar-refractivity contribution is -0.385. The van der Waals surface area contributed by atoms with Crippen LogP contribution in [0.25, 0.3) is 0 Å². The zero-order chi connectivity index (χ0) is 11.4. The van der Waals surface area contributed by atoms with Crippen LogP contribution in [0.5, 0.6) is 0 Å². The highest BCUT2D eigenvalue weighted by Gasteiger charge is 2.15. The third-order valence-electron chi connectivity index (χ3n) is 1.83. The van der Waals surface area contributed by atoms with Crippen molar-refractivity contribution in [1.29, 1.82) is 0 Å². The van der Waals surface area contributed by atoms with Gasteiger partial charge in [0.1, 0.15) is 11.9 Å². The van der Waals surface area contributed by atoms with Crippen LogP contribution in [0, 0.1) is 17.0 Å². The standard InChI is InChI=1S/C7H11N3O4S/c1-6-7(10(11)12)5-8-9(6)3-4-14-15(2)13/h5H,3-4H2,1-2H3. The van der Waals surface area contributed by atoms with Crippen molar-refractivity contribution >= 4 is 16.8 Å². The number of rotatable bonds is 5. The first-order valence-electron chi connectivity index (χ1n) is 4.16. The monoisotopic (exact) mass is 233 g/mol. The van der Waals surface area contributed by atoms with Crippen molar-refractivity contribution in [2.24, 2.45) is 0 Å². The Bertz CT molecular complexity index is 390. The molecule has 0 amide bonds. The number of hydrogen-bond acceptors (Lipinski definition) is 5. The molecule has 1 atom stereocenters. The van der Waals surface area contributed by atoms with Gasteiger partial charge in [0, 0.05) is 6.26 Å². The fraction of sp³-hybridized carbons (Fsp3) is 0.571. The van der Waals surface area contributed by atoms with E-state index in [1.165, 1.54) is 17.1 Å². The Morgan fingerprint density at radius 2 is 2.40 bits per heavy atom. The molecule has 1 aromatic heterocycles. The van der Waals surface area contributed by atoms with Crippen LogP contribution in [-0.4, -0.2) is 31.8 Å². The van der Waals surface area contributed by atoms with Gasteiger partial charge in [0.2, 0.25) is 0 Å². The largest absolute Gasteiger partial charge is 0.309 e. The van der Waals surface area contributed by atoms with Gasteiger partial charge in [-0.25, -0.2) is 4.21 Å². The zero-order valence-electron chi connectivity index (χ0n) is 8.37. The van der Waals surface area contributed by atoms with Gasteiger partial charge >= 0.3 is 5.69 Å². The zero-order valence-corrected chi connectivity index (χ0v) is 9.19. The molecule has 0 aromatic carbocycles. The first-order valence-corrected chi connectivity index (χ1v) is 5.64. The van der Waals surface area contributed by atoms with E-state index < -0.39 is 16.0 Å². The van der Waals surface area contributed by atoms with Crippen molar-refractivity contribution in [3.63, 3.8) is 0 Å². The molecule has 1 heterocycles. The third-order valence-corrected chi connectivity index (χ3v) is 2.32. The highest BCUT2D eigenvalue weighted by Crippen LogP contribution is 2.15. The molecular formula is C7H11N3O4S. The van der Waals surface area contributed by atoms with Crippen LogP contribution in [0.3, 0.4) is 0 Å². The van der Waals surface area contributed by atoms with Crippen LogP contribution in [0.4, 0.5) is 5.69 Å². The van der Waals surface area contributed by atoms with E-state index in [9.17, 15) is 14.3 Å². The van der Waals surface area contributed by atoms with Gasteiger partial charge in [0.05, 0.1) is 18.1 Å². The van der Waals surface area contributed by atoms with Crippen molar-refractivity contribution in [3.05, 3.63) is 22.0 Å². The third kappa shape index (κ3) is 3.10. The van der Waals surface area contributed by atoms with Gasteiger partial charge in [-0.1, -0.05) is 0 Å². The quantitative estimate of drug-likeness (QED) is 0.543. The lowest BCUT2D eigenvalue weighted by Gasteiger charge is -2.02. The summed E-state index contributed by atoms with van der Waals surface area (Å²) in [6, 6.07) is 0. The average Bonchev–Trinajstić information content (AvgIpc) is 2.47. The molecule has 0 aliphatic heterocycles. The average molecular weight is 233 g/mol. The molecule has 84 valence electrons. The Balaban J connectivity index is 2.63. The molecule has 0 saturated carbocycles. The highest BCUT2D eigenvalue weighted by atomic mass is 32.2. The Morgan fingerprint density at radius 3 is 2.87 bits per heavy atom. The molecular weight excluding hydrogens is 222 g/mol. The molecule has 1 rings (SSSR count). The van der Waals surface area contributed by atoms with Crippen LogP contribution in [0.1, 0.15) is 5.69 Å². The van der Waals surface area contributed by atoms with Crippen LogP contribution in [0.15, 0.2) is 6.20 Å². The Kier molecular flexibility index (Phi) is 3.92. The summed E-state index contributed by atoms with van der Waals surface area (Å²) < 4.78 is 16.8. The Morgan fingerprint density at radius 1 is 1.73 bits per heavy atom. The van der Waals surface area contributed by atoms with Crippen molar-refractivity contribution in [1.82, 2.24) is 9.78 Å². The van der Waals surface area contributed by atoms with E-state index in [1.54, 1.807) is 6.92 Å². The first-order chi connectivity index (χ1) is 7.02. The van der Waals surface area contributed by atoms with Gasteiger partial charge in [-0.05, 0) is 6.92 Å². The van der Waals surface area contributed by atoms with Crippen LogP contribution >= 0.6 is 0 Å². The van der Waals surface area contributed by atoms with Crippen LogP contribution < -0.4 is 0 Å².